The highest BCUT2D eigenvalue weighted by Gasteiger charge is 2.10. The zero-order chi connectivity index (χ0) is 13.8. The third-order valence-corrected chi connectivity index (χ3v) is 2.61. The summed E-state index contributed by atoms with van der Waals surface area (Å²) in [6.07, 6.45) is 0. The minimum absolute atomic E-state index is 0.192. The highest BCUT2D eigenvalue weighted by atomic mass is 35.5. The van der Waals surface area contributed by atoms with Crippen LogP contribution < -0.4 is 5.32 Å². The number of nitrogens with zero attached hydrogens (tertiary/aromatic N) is 3. The van der Waals surface area contributed by atoms with Gasteiger partial charge in [-0.25, -0.2) is 4.79 Å². The summed E-state index contributed by atoms with van der Waals surface area (Å²) in [6.45, 7) is 0.192. The molecule has 1 heterocycles. The van der Waals surface area contributed by atoms with E-state index in [1.54, 1.807) is 38.4 Å². The zero-order valence-corrected chi connectivity index (χ0v) is 11.3. The molecule has 0 bridgehead atoms. The van der Waals surface area contributed by atoms with Gasteiger partial charge in [0.25, 0.3) is 0 Å². The van der Waals surface area contributed by atoms with Gasteiger partial charge in [-0.2, -0.15) is 0 Å². The topological polar surface area (TPSA) is 71.3 Å². The molecule has 0 saturated carbocycles. The second-order valence-electron chi connectivity index (χ2n) is 4.06. The van der Waals surface area contributed by atoms with Crippen LogP contribution in [0.4, 0.5) is 4.79 Å². The van der Waals surface area contributed by atoms with Crippen molar-refractivity contribution in [2.75, 3.05) is 14.1 Å². The Morgan fingerprint density at radius 3 is 2.63 bits per heavy atom. The van der Waals surface area contributed by atoms with Crippen molar-refractivity contribution in [3.8, 4) is 11.5 Å². The third-order valence-electron chi connectivity index (χ3n) is 2.36. The van der Waals surface area contributed by atoms with Crippen LogP contribution in [0.2, 0.25) is 5.02 Å². The van der Waals surface area contributed by atoms with Gasteiger partial charge < -0.3 is 14.6 Å². The molecule has 0 unspecified atom stereocenters. The second-order valence-corrected chi connectivity index (χ2v) is 4.50. The molecule has 100 valence electrons. The van der Waals surface area contributed by atoms with Gasteiger partial charge in [0.15, 0.2) is 0 Å². The molecule has 0 saturated heterocycles. The van der Waals surface area contributed by atoms with Crippen molar-refractivity contribution < 1.29 is 9.21 Å². The number of hydrogen-bond acceptors (Lipinski definition) is 4. The first-order valence-corrected chi connectivity index (χ1v) is 5.97. The van der Waals surface area contributed by atoms with Gasteiger partial charge in [0, 0.05) is 24.7 Å². The molecular weight excluding hydrogens is 268 g/mol. The number of benzene rings is 1. The van der Waals surface area contributed by atoms with E-state index in [2.05, 4.69) is 15.5 Å². The van der Waals surface area contributed by atoms with Crippen LogP contribution in [0.1, 0.15) is 5.89 Å². The smallest absolute Gasteiger partial charge is 0.317 e. The lowest BCUT2D eigenvalue weighted by atomic mass is 10.2. The van der Waals surface area contributed by atoms with Crippen LogP contribution in [0, 0.1) is 0 Å². The second kappa shape index (κ2) is 5.71. The van der Waals surface area contributed by atoms with E-state index in [4.69, 9.17) is 16.0 Å². The van der Waals surface area contributed by atoms with Gasteiger partial charge in [0.1, 0.15) is 0 Å². The van der Waals surface area contributed by atoms with E-state index in [0.717, 1.165) is 5.56 Å². The fourth-order valence-corrected chi connectivity index (χ4v) is 1.47. The molecule has 0 aliphatic heterocycles. The Kier molecular flexibility index (Phi) is 4.01. The Bertz CT molecular complexity index is 565. The molecular formula is C12H13ClN4O2. The molecule has 0 radical (unpaired) electrons. The predicted octanol–water partition coefficient (Wildman–Crippen LogP) is 2.16. The average Bonchev–Trinajstić information content (AvgIpc) is 2.85. The molecule has 19 heavy (non-hydrogen) atoms. The summed E-state index contributed by atoms with van der Waals surface area (Å²) in [4.78, 5) is 12.8. The number of nitrogens with one attached hydrogen (secondary N) is 1. The van der Waals surface area contributed by atoms with Crippen LogP contribution in [0.15, 0.2) is 28.7 Å². The predicted molar refractivity (Wildman–Crippen MR) is 70.7 cm³/mol. The lowest BCUT2D eigenvalue weighted by molar-refractivity contribution is 0.216. The fourth-order valence-electron chi connectivity index (χ4n) is 1.34. The van der Waals surface area contributed by atoms with Crippen LogP contribution >= 0.6 is 11.6 Å². The Morgan fingerprint density at radius 2 is 2.00 bits per heavy atom. The summed E-state index contributed by atoms with van der Waals surface area (Å²) in [5, 5.41) is 11.1. The molecule has 1 aromatic heterocycles. The number of aromatic nitrogens is 2. The van der Waals surface area contributed by atoms with Crippen molar-refractivity contribution in [2.24, 2.45) is 0 Å². The maximum atomic E-state index is 11.3. The van der Waals surface area contributed by atoms with Crippen molar-refractivity contribution >= 4 is 17.6 Å². The van der Waals surface area contributed by atoms with Crippen LogP contribution in [-0.2, 0) is 6.54 Å². The minimum Gasteiger partial charge on any atom is -0.419 e. The van der Waals surface area contributed by atoms with E-state index in [0.29, 0.717) is 16.8 Å². The highest BCUT2D eigenvalue weighted by Crippen LogP contribution is 2.19. The molecule has 0 atom stereocenters. The summed E-state index contributed by atoms with van der Waals surface area (Å²) in [7, 11) is 3.31. The lowest BCUT2D eigenvalue weighted by Gasteiger charge is -2.09. The summed E-state index contributed by atoms with van der Waals surface area (Å²) < 4.78 is 5.44. The van der Waals surface area contributed by atoms with Gasteiger partial charge in [-0.15, -0.1) is 10.2 Å². The highest BCUT2D eigenvalue weighted by molar-refractivity contribution is 6.30. The SMILES string of the molecule is CN(C)C(=O)NCc1nnc(-c2ccc(Cl)cc2)o1. The largest absolute Gasteiger partial charge is 0.419 e. The van der Waals surface area contributed by atoms with Gasteiger partial charge in [-0.1, -0.05) is 11.6 Å². The number of rotatable bonds is 3. The monoisotopic (exact) mass is 280 g/mol. The van der Waals surface area contributed by atoms with E-state index in [9.17, 15) is 4.79 Å². The van der Waals surface area contributed by atoms with E-state index in [1.807, 2.05) is 0 Å². The van der Waals surface area contributed by atoms with E-state index in [-0.39, 0.29) is 12.6 Å². The maximum absolute atomic E-state index is 11.3. The van der Waals surface area contributed by atoms with Crippen molar-refractivity contribution in [1.29, 1.82) is 0 Å². The van der Waals surface area contributed by atoms with E-state index >= 15 is 0 Å². The molecule has 0 aliphatic carbocycles. The first kappa shape index (κ1) is 13.4. The third kappa shape index (κ3) is 3.45. The number of hydrogen-bond donors (Lipinski definition) is 1. The Balaban J connectivity index is 2.03. The summed E-state index contributed by atoms with van der Waals surface area (Å²) >= 11 is 5.80. The molecule has 7 heteroatoms. The van der Waals surface area contributed by atoms with Gasteiger partial charge >= 0.3 is 6.03 Å². The van der Waals surface area contributed by atoms with E-state index in [1.165, 1.54) is 4.90 Å². The zero-order valence-electron chi connectivity index (χ0n) is 10.6. The summed E-state index contributed by atoms with van der Waals surface area (Å²) in [6, 6.07) is 6.85. The van der Waals surface area contributed by atoms with Crippen LogP contribution in [0.25, 0.3) is 11.5 Å². The van der Waals surface area contributed by atoms with Crippen molar-refractivity contribution in [3.05, 3.63) is 35.2 Å². The maximum Gasteiger partial charge on any atom is 0.317 e. The number of amides is 2. The van der Waals surface area contributed by atoms with E-state index < -0.39 is 0 Å². The molecule has 0 fully saturated rings. The van der Waals surface area contributed by atoms with Crippen molar-refractivity contribution in [2.45, 2.75) is 6.54 Å². The van der Waals surface area contributed by atoms with Gasteiger partial charge in [-0.3, -0.25) is 0 Å². The Hall–Kier alpha value is -2.08. The normalized spacial score (nSPS) is 10.3. The molecule has 0 aliphatic rings. The quantitative estimate of drug-likeness (QED) is 0.935. The molecule has 0 spiro atoms. The molecule has 6 nitrogen and oxygen atoms in total. The molecule has 2 amide bonds. The van der Waals surface area contributed by atoms with Crippen molar-refractivity contribution in [3.63, 3.8) is 0 Å². The van der Waals surface area contributed by atoms with Gasteiger partial charge in [0.05, 0.1) is 6.54 Å². The van der Waals surface area contributed by atoms with Crippen molar-refractivity contribution in [1.82, 2.24) is 20.4 Å². The van der Waals surface area contributed by atoms with Crippen LogP contribution in [0.5, 0.6) is 0 Å². The van der Waals surface area contributed by atoms with Crippen LogP contribution in [0.3, 0.4) is 0 Å². The average molecular weight is 281 g/mol. The molecule has 1 N–H and O–H groups in total. The van der Waals surface area contributed by atoms with Gasteiger partial charge in [0.2, 0.25) is 11.8 Å². The molecule has 2 aromatic rings. The standard InChI is InChI=1S/C12H13ClN4O2/c1-17(2)12(18)14-7-10-15-16-11(19-10)8-3-5-9(13)6-4-8/h3-6H,7H2,1-2H3,(H,14,18). The molecule has 2 rings (SSSR count). The first-order chi connectivity index (χ1) is 9.06. The molecule has 1 aromatic carbocycles. The Morgan fingerprint density at radius 1 is 1.32 bits per heavy atom. The number of halogens is 1. The lowest BCUT2D eigenvalue weighted by Crippen LogP contribution is -2.34. The van der Waals surface area contributed by atoms with Gasteiger partial charge in [-0.05, 0) is 24.3 Å². The number of urea groups is 1. The number of carbonyl (C=O) groups excluding carboxylic acids is 1. The Labute approximate surface area is 115 Å². The fraction of sp³-hybridized carbons (Fsp3) is 0.250. The number of carbonyl (C=O) groups is 1. The summed E-state index contributed by atoms with van der Waals surface area (Å²) in [5.74, 6) is 0.742. The first-order valence-electron chi connectivity index (χ1n) is 5.60. The van der Waals surface area contributed by atoms with Crippen LogP contribution in [-0.4, -0.2) is 35.2 Å². The minimum atomic E-state index is -0.216. The summed E-state index contributed by atoms with van der Waals surface area (Å²) in [5.41, 5.74) is 0.780.